The summed E-state index contributed by atoms with van der Waals surface area (Å²) in [5.74, 6) is 0.0521. The Morgan fingerprint density at radius 1 is 1.17 bits per heavy atom. The fraction of sp³-hybridized carbons (Fsp3) is 0.200. The number of sulfonamides is 1. The Morgan fingerprint density at radius 2 is 1.97 bits per heavy atom. The molecule has 29 heavy (non-hydrogen) atoms. The van der Waals surface area contributed by atoms with Crippen LogP contribution in [0.2, 0.25) is 5.02 Å². The number of carbonyl (C=O) groups excluding carboxylic acids is 1. The van der Waals surface area contributed by atoms with Crippen LogP contribution in [0.5, 0.6) is 5.75 Å². The van der Waals surface area contributed by atoms with Gasteiger partial charge in [-0.05, 0) is 36.8 Å². The third-order valence-corrected chi connectivity index (χ3v) is 6.05. The van der Waals surface area contributed by atoms with Gasteiger partial charge in [0.25, 0.3) is 0 Å². The molecule has 3 rings (SSSR count). The molecule has 2 aromatic carbocycles. The van der Waals surface area contributed by atoms with E-state index in [0.29, 0.717) is 18.8 Å². The summed E-state index contributed by atoms with van der Waals surface area (Å²) in [6.07, 6.45) is 2.14. The van der Waals surface area contributed by atoms with Crippen LogP contribution in [-0.4, -0.2) is 39.6 Å². The predicted molar refractivity (Wildman–Crippen MR) is 110 cm³/mol. The number of nitrogens with zero attached hydrogens (tertiary/aromatic N) is 1. The monoisotopic (exact) mass is 434 g/mol. The molecule has 0 aliphatic rings. The number of benzene rings is 2. The van der Waals surface area contributed by atoms with Crippen LogP contribution in [-0.2, 0) is 14.8 Å². The lowest BCUT2D eigenvalue weighted by atomic mass is 10.2. The quantitative estimate of drug-likeness (QED) is 0.431. The summed E-state index contributed by atoms with van der Waals surface area (Å²) < 4.78 is 37.7. The molecule has 0 atom stereocenters. The summed E-state index contributed by atoms with van der Waals surface area (Å²) in [5.41, 5.74) is 0.932. The van der Waals surface area contributed by atoms with E-state index in [9.17, 15) is 13.2 Å². The lowest BCUT2D eigenvalue weighted by Gasteiger charge is -2.11. The van der Waals surface area contributed by atoms with Crippen molar-refractivity contribution in [3.63, 3.8) is 0 Å². The van der Waals surface area contributed by atoms with Crippen molar-refractivity contribution in [1.29, 1.82) is 0 Å². The molecule has 0 spiro atoms. The highest BCUT2D eigenvalue weighted by molar-refractivity contribution is 7.89. The van der Waals surface area contributed by atoms with Gasteiger partial charge in [-0.25, -0.2) is 17.9 Å². The summed E-state index contributed by atoms with van der Waals surface area (Å²) in [5, 5.41) is 0.911. The molecule has 0 amide bonds. The number of nitrogens with one attached hydrogen (secondary N) is 1. The average molecular weight is 435 g/mol. The van der Waals surface area contributed by atoms with Crippen molar-refractivity contribution in [3.8, 4) is 5.75 Å². The molecule has 7 nitrogen and oxygen atoms in total. The number of ether oxygens (including phenoxy) is 2. The molecule has 0 aliphatic heterocycles. The lowest BCUT2D eigenvalue weighted by molar-refractivity contribution is 0.0600. The maximum atomic E-state index is 12.4. The van der Waals surface area contributed by atoms with Crippen molar-refractivity contribution in [2.75, 3.05) is 20.3 Å². The SMILES string of the molecule is COC(=O)c1ccc(S(=O)(=O)NCCCOc2cccc3cccnc23)c(Cl)c1. The van der Waals surface area contributed by atoms with Crippen LogP contribution in [0.1, 0.15) is 16.8 Å². The third kappa shape index (κ3) is 5.03. The van der Waals surface area contributed by atoms with Crippen molar-refractivity contribution in [2.45, 2.75) is 11.3 Å². The number of hydrogen-bond donors (Lipinski definition) is 1. The molecule has 0 saturated carbocycles. The van der Waals surface area contributed by atoms with E-state index in [0.717, 1.165) is 10.9 Å². The molecule has 1 aromatic heterocycles. The number of pyridine rings is 1. The number of halogens is 1. The van der Waals surface area contributed by atoms with Crippen LogP contribution < -0.4 is 9.46 Å². The van der Waals surface area contributed by atoms with E-state index in [1.54, 1.807) is 6.20 Å². The highest BCUT2D eigenvalue weighted by Gasteiger charge is 2.19. The van der Waals surface area contributed by atoms with Gasteiger partial charge >= 0.3 is 5.97 Å². The molecule has 152 valence electrons. The number of para-hydroxylation sites is 1. The molecule has 0 saturated heterocycles. The topological polar surface area (TPSA) is 94.6 Å². The number of hydrogen-bond acceptors (Lipinski definition) is 6. The van der Waals surface area contributed by atoms with Crippen LogP contribution >= 0.6 is 11.6 Å². The molecular formula is C20H19ClN2O5S. The first kappa shape index (κ1) is 21.0. The number of rotatable bonds is 8. The number of carbonyl (C=O) groups is 1. The summed E-state index contributed by atoms with van der Waals surface area (Å²) >= 11 is 6.03. The van der Waals surface area contributed by atoms with Gasteiger partial charge in [0.1, 0.15) is 16.2 Å². The first-order valence-electron chi connectivity index (χ1n) is 8.76. The molecule has 9 heteroatoms. The Bertz CT molecular complexity index is 1130. The molecule has 1 N–H and O–H groups in total. The number of methoxy groups -OCH3 is 1. The maximum Gasteiger partial charge on any atom is 0.337 e. The van der Waals surface area contributed by atoms with Crippen molar-refractivity contribution >= 4 is 38.5 Å². The summed E-state index contributed by atoms with van der Waals surface area (Å²) in [7, 11) is -2.59. The zero-order valence-corrected chi connectivity index (χ0v) is 17.2. The van der Waals surface area contributed by atoms with Gasteiger partial charge in [0.15, 0.2) is 0 Å². The van der Waals surface area contributed by atoms with Crippen LogP contribution in [0, 0.1) is 0 Å². The molecule has 0 fully saturated rings. The largest absolute Gasteiger partial charge is 0.491 e. The second-order valence-electron chi connectivity index (χ2n) is 6.07. The van der Waals surface area contributed by atoms with Crippen LogP contribution in [0.15, 0.2) is 59.6 Å². The van der Waals surface area contributed by atoms with E-state index in [2.05, 4.69) is 14.4 Å². The van der Waals surface area contributed by atoms with Gasteiger partial charge in [0.2, 0.25) is 10.0 Å². The Labute approximate surface area is 173 Å². The fourth-order valence-corrected chi connectivity index (χ4v) is 4.31. The molecule has 0 unspecified atom stereocenters. The van der Waals surface area contributed by atoms with Gasteiger partial charge < -0.3 is 9.47 Å². The van der Waals surface area contributed by atoms with Gasteiger partial charge in [-0.15, -0.1) is 0 Å². The highest BCUT2D eigenvalue weighted by Crippen LogP contribution is 2.24. The standard InChI is InChI=1S/C20H19ClN2O5S/c1-27-20(24)15-8-9-18(16(21)13-15)29(25,26)23-11-4-12-28-17-7-2-5-14-6-3-10-22-19(14)17/h2-3,5-10,13,23H,4,11-12H2,1H3. The van der Waals surface area contributed by atoms with Gasteiger partial charge in [0.05, 0.1) is 24.3 Å². The smallest absolute Gasteiger partial charge is 0.337 e. The van der Waals surface area contributed by atoms with Gasteiger partial charge in [-0.3, -0.25) is 4.98 Å². The minimum atomic E-state index is -3.82. The van der Waals surface area contributed by atoms with Crippen molar-refractivity contribution in [1.82, 2.24) is 9.71 Å². The van der Waals surface area contributed by atoms with Gasteiger partial charge in [-0.2, -0.15) is 0 Å². The Kier molecular flexibility index (Phi) is 6.68. The van der Waals surface area contributed by atoms with Crippen LogP contribution in [0.25, 0.3) is 10.9 Å². The van der Waals surface area contributed by atoms with E-state index in [1.165, 1.54) is 25.3 Å². The number of fused-ring (bicyclic) bond motifs is 1. The molecule has 0 bridgehead atoms. The fourth-order valence-electron chi connectivity index (χ4n) is 2.69. The van der Waals surface area contributed by atoms with Crippen molar-refractivity contribution in [2.24, 2.45) is 0 Å². The Balaban J connectivity index is 1.56. The molecule has 0 radical (unpaired) electrons. The van der Waals surface area contributed by atoms with E-state index in [-0.39, 0.29) is 22.0 Å². The van der Waals surface area contributed by atoms with Crippen molar-refractivity contribution < 1.29 is 22.7 Å². The van der Waals surface area contributed by atoms with E-state index in [4.69, 9.17) is 16.3 Å². The first-order chi connectivity index (χ1) is 13.9. The zero-order valence-electron chi connectivity index (χ0n) is 15.6. The highest BCUT2D eigenvalue weighted by atomic mass is 35.5. The minimum Gasteiger partial charge on any atom is -0.491 e. The molecular weight excluding hydrogens is 416 g/mol. The number of esters is 1. The summed E-state index contributed by atoms with van der Waals surface area (Å²) in [4.78, 5) is 15.7. The zero-order chi connectivity index (χ0) is 20.9. The lowest BCUT2D eigenvalue weighted by Crippen LogP contribution is -2.26. The molecule has 0 aliphatic carbocycles. The third-order valence-electron chi connectivity index (χ3n) is 4.11. The Hall–Kier alpha value is -2.68. The van der Waals surface area contributed by atoms with Crippen molar-refractivity contribution in [3.05, 3.63) is 65.3 Å². The summed E-state index contributed by atoms with van der Waals surface area (Å²) in [6, 6.07) is 13.3. The number of aromatic nitrogens is 1. The van der Waals surface area contributed by atoms with E-state index < -0.39 is 16.0 Å². The second-order valence-corrected chi connectivity index (χ2v) is 8.21. The van der Waals surface area contributed by atoms with E-state index in [1.807, 2.05) is 30.3 Å². The summed E-state index contributed by atoms with van der Waals surface area (Å²) in [6.45, 7) is 0.475. The van der Waals surface area contributed by atoms with Gasteiger partial charge in [0, 0.05) is 18.1 Å². The normalized spacial score (nSPS) is 11.4. The van der Waals surface area contributed by atoms with Crippen LogP contribution in [0.3, 0.4) is 0 Å². The molecule has 3 aromatic rings. The Morgan fingerprint density at radius 3 is 2.72 bits per heavy atom. The molecule has 1 heterocycles. The first-order valence-corrected chi connectivity index (χ1v) is 10.6. The minimum absolute atomic E-state index is 0.0570. The maximum absolute atomic E-state index is 12.4. The van der Waals surface area contributed by atoms with E-state index >= 15 is 0 Å². The van der Waals surface area contributed by atoms with Gasteiger partial charge in [-0.1, -0.05) is 29.8 Å². The second kappa shape index (κ2) is 9.21. The van der Waals surface area contributed by atoms with Crippen LogP contribution in [0.4, 0.5) is 0 Å². The average Bonchev–Trinajstić information content (AvgIpc) is 2.72. The predicted octanol–water partition coefficient (Wildman–Crippen LogP) is 3.42.